The second kappa shape index (κ2) is 7.90. The van der Waals surface area contributed by atoms with Gasteiger partial charge in [0.1, 0.15) is 11.8 Å². The average molecular weight is 345 g/mol. The Morgan fingerprint density at radius 3 is 2.19 bits per heavy atom. The quantitative estimate of drug-likeness (QED) is 0.588. The normalized spacial score (nSPS) is 10.0. The summed E-state index contributed by atoms with van der Waals surface area (Å²) in [6.45, 7) is 0. The fourth-order valence-corrected chi connectivity index (χ4v) is 2.39. The Balaban J connectivity index is 0.000000185. The Hall–Kier alpha value is -3.73. The first-order chi connectivity index (χ1) is 12.7. The molecule has 0 fully saturated rings. The molecular weight excluding hydrogens is 330 g/mol. The molecular formula is C21H15NO4. The van der Waals surface area contributed by atoms with Crippen molar-refractivity contribution in [3.05, 3.63) is 101 Å². The summed E-state index contributed by atoms with van der Waals surface area (Å²) in [7, 11) is 0. The van der Waals surface area contributed by atoms with E-state index in [1.807, 2.05) is 42.5 Å². The van der Waals surface area contributed by atoms with Gasteiger partial charge in [0.05, 0.1) is 16.5 Å². The number of rotatable bonds is 2. The third-order valence-corrected chi connectivity index (χ3v) is 3.69. The predicted octanol–water partition coefficient (Wildman–Crippen LogP) is 4.24. The summed E-state index contributed by atoms with van der Waals surface area (Å²) in [5, 5.41) is 8.98. The molecule has 0 atom stereocenters. The van der Waals surface area contributed by atoms with Crippen LogP contribution in [0.15, 0.2) is 94.6 Å². The van der Waals surface area contributed by atoms with Crippen LogP contribution in [0.1, 0.15) is 10.4 Å². The highest BCUT2D eigenvalue weighted by molar-refractivity contribution is 5.87. The summed E-state index contributed by atoms with van der Waals surface area (Å²) in [5.74, 6) is -0.919. The highest BCUT2D eigenvalue weighted by Gasteiger charge is 2.07. The summed E-state index contributed by atoms with van der Waals surface area (Å²) in [6.07, 6.45) is 4.42. The Labute approximate surface area is 149 Å². The first-order valence-corrected chi connectivity index (χ1v) is 7.86. The molecule has 1 N–H and O–H groups in total. The molecule has 2 heterocycles. The molecule has 4 aromatic rings. The van der Waals surface area contributed by atoms with Crippen molar-refractivity contribution in [2.24, 2.45) is 0 Å². The second-order valence-electron chi connectivity index (χ2n) is 5.38. The maximum absolute atomic E-state index is 12.3. The molecule has 0 aliphatic heterocycles. The van der Waals surface area contributed by atoms with Crippen molar-refractivity contribution >= 4 is 16.9 Å². The lowest BCUT2D eigenvalue weighted by atomic mass is 10.1. The average Bonchev–Trinajstić information content (AvgIpc) is 2.70. The largest absolute Gasteiger partial charge is 0.478 e. The summed E-state index contributed by atoms with van der Waals surface area (Å²) < 4.78 is 5.48. The van der Waals surface area contributed by atoms with Crippen molar-refractivity contribution in [3.63, 3.8) is 0 Å². The standard InChI is InChI=1S/C15H10O2.C6H5NO2/c16-15-12-8-4-5-9-14(12)17-10-13(15)11-6-2-1-3-7-11;8-6(9)5-1-3-7-4-2-5/h1-10H;1-4H,(H,8,9). The van der Waals surface area contributed by atoms with Gasteiger partial charge < -0.3 is 9.52 Å². The maximum Gasteiger partial charge on any atom is 0.335 e. The number of aromatic carboxylic acids is 1. The molecule has 4 rings (SSSR count). The molecule has 5 nitrogen and oxygen atoms in total. The Kier molecular flexibility index (Phi) is 5.19. The summed E-state index contributed by atoms with van der Waals surface area (Å²) in [6, 6.07) is 19.7. The van der Waals surface area contributed by atoms with Crippen LogP contribution in [0.3, 0.4) is 0 Å². The Morgan fingerprint density at radius 2 is 1.54 bits per heavy atom. The van der Waals surface area contributed by atoms with Gasteiger partial charge in [-0.05, 0) is 29.8 Å². The van der Waals surface area contributed by atoms with Crippen LogP contribution in [0, 0.1) is 0 Å². The minimum absolute atomic E-state index is 0.0121. The van der Waals surface area contributed by atoms with Crippen molar-refractivity contribution in [1.82, 2.24) is 4.98 Å². The first kappa shape index (κ1) is 17.1. The van der Waals surface area contributed by atoms with Crippen LogP contribution in [0.5, 0.6) is 0 Å². The van der Waals surface area contributed by atoms with E-state index in [0.29, 0.717) is 16.5 Å². The number of benzene rings is 2. The minimum Gasteiger partial charge on any atom is -0.478 e. The lowest BCUT2D eigenvalue weighted by Crippen LogP contribution is -2.04. The summed E-state index contributed by atoms with van der Waals surface area (Å²) >= 11 is 0. The van der Waals surface area contributed by atoms with E-state index in [2.05, 4.69) is 4.98 Å². The first-order valence-electron chi connectivity index (χ1n) is 7.86. The van der Waals surface area contributed by atoms with E-state index in [1.54, 1.807) is 12.1 Å². The Bertz CT molecular complexity index is 1070. The fourth-order valence-electron chi connectivity index (χ4n) is 2.39. The van der Waals surface area contributed by atoms with E-state index in [0.717, 1.165) is 5.56 Å². The summed E-state index contributed by atoms with van der Waals surface area (Å²) in [5.41, 5.74) is 2.39. The number of para-hydroxylation sites is 1. The molecule has 0 amide bonds. The van der Waals surface area contributed by atoms with E-state index >= 15 is 0 Å². The lowest BCUT2D eigenvalue weighted by molar-refractivity contribution is 0.0696. The van der Waals surface area contributed by atoms with Crippen molar-refractivity contribution in [3.8, 4) is 11.1 Å². The fraction of sp³-hybridized carbons (Fsp3) is 0. The number of carboxylic acid groups (broad SMARTS) is 1. The molecule has 2 aromatic carbocycles. The van der Waals surface area contributed by atoms with Crippen molar-refractivity contribution in [2.75, 3.05) is 0 Å². The van der Waals surface area contributed by atoms with E-state index < -0.39 is 5.97 Å². The molecule has 0 bridgehead atoms. The van der Waals surface area contributed by atoms with Crippen LogP contribution in [0.2, 0.25) is 0 Å². The molecule has 0 unspecified atom stereocenters. The van der Waals surface area contributed by atoms with Crippen molar-refractivity contribution < 1.29 is 14.3 Å². The van der Waals surface area contributed by atoms with Gasteiger partial charge in [0.15, 0.2) is 5.43 Å². The van der Waals surface area contributed by atoms with Gasteiger partial charge >= 0.3 is 5.97 Å². The van der Waals surface area contributed by atoms with Gasteiger partial charge in [0, 0.05) is 12.4 Å². The lowest BCUT2D eigenvalue weighted by Gasteiger charge is -2.01. The predicted molar refractivity (Wildman–Crippen MR) is 99.1 cm³/mol. The number of hydrogen-bond acceptors (Lipinski definition) is 4. The van der Waals surface area contributed by atoms with Crippen molar-refractivity contribution in [2.45, 2.75) is 0 Å². The monoisotopic (exact) mass is 345 g/mol. The number of hydrogen-bond donors (Lipinski definition) is 1. The van der Waals surface area contributed by atoms with Gasteiger partial charge in [0.25, 0.3) is 0 Å². The Morgan fingerprint density at radius 1 is 0.885 bits per heavy atom. The molecule has 0 spiro atoms. The summed E-state index contributed by atoms with van der Waals surface area (Å²) in [4.78, 5) is 26.1. The molecule has 128 valence electrons. The zero-order valence-corrected chi connectivity index (χ0v) is 13.7. The maximum atomic E-state index is 12.3. The van der Waals surface area contributed by atoms with Crippen LogP contribution >= 0.6 is 0 Å². The van der Waals surface area contributed by atoms with Crippen molar-refractivity contribution in [1.29, 1.82) is 0 Å². The van der Waals surface area contributed by atoms with E-state index in [1.165, 1.54) is 30.8 Å². The molecule has 0 aliphatic rings. The van der Waals surface area contributed by atoms with Crippen LogP contribution < -0.4 is 5.43 Å². The number of fused-ring (bicyclic) bond motifs is 1. The molecule has 0 aliphatic carbocycles. The van der Waals surface area contributed by atoms with Crippen LogP contribution in [0.4, 0.5) is 0 Å². The van der Waals surface area contributed by atoms with Gasteiger partial charge in [-0.3, -0.25) is 9.78 Å². The van der Waals surface area contributed by atoms with Gasteiger partial charge in [-0.15, -0.1) is 0 Å². The molecule has 0 saturated carbocycles. The van der Waals surface area contributed by atoms with Gasteiger partial charge in [-0.25, -0.2) is 4.79 Å². The SMILES string of the molecule is O=C(O)c1ccncc1.O=c1c(-c2ccccc2)coc2ccccc12. The number of pyridine rings is 1. The van der Waals surface area contributed by atoms with Crippen LogP contribution in [-0.2, 0) is 0 Å². The van der Waals surface area contributed by atoms with Gasteiger partial charge in [-0.1, -0.05) is 42.5 Å². The van der Waals surface area contributed by atoms with E-state index in [4.69, 9.17) is 9.52 Å². The molecule has 0 radical (unpaired) electrons. The zero-order valence-electron chi connectivity index (χ0n) is 13.7. The van der Waals surface area contributed by atoms with E-state index in [9.17, 15) is 9.59 Å². The topological polar surface area (TPSA) is 80.4 Å². The molecule has 0 saturated heterocycles. The van der Waals surface area contributed by atoms with Gasteiger partial charge in [0.2, 0.25) is 0 Å². The van der Waals surface area contributed by atoms with Crippen LogP contribution in [0.25, 0.3) is 22.1 Å². The highest BCUT2D eigenvalue weighted by Crippen LogP contribution is 2.18. The third-order valence-electron chi connectivity index (χ3n) is 3.69. The highest BCUT2D eigenvalue weighted by atomic mass is 16.4. The number of carboxylic acids is 1. The third kappa shape index (κ3) is 3.84. The van der Waals surface area contributed by atoms with Crippen LogP contribution in [-0.4, -0.2) is 16.1 Å². The molecule has 2 aromatic heterocycles. The number of carbonyl (C=O) groups is 1. The smallest absolute Gasteiger partial charge is 0.335 e. The number of aromatic nitrogens is 1. The van der Waals surface area contributed by atoms with Gasteiger partial charge in [-0.2, -0.15) is 0 Å². The number of nitrogens with zero attached hydrogens (tertiary/aromatic N) is 1. The molecule has 26 heavy (non-hydrogen) atoms. The van der Waals surface area contributed by atoms with E-state index in [-0.39, 0.29) is 11.0 Å². The minimum atomic E-state index is -0.919. The second-order valence-corrected chi connectivity index (χ2v) is 5.38. The molecule has 5 heteroatoms. The zero-order chi connectivity index (χ0) is 18.4.